The molecule has 0 spiro atoms. The third-order valence-electron chi connectivity index (χ3n) is 3.42. The number of carbonyl (C=O) groups excluding carboxylic acids is 1. The van der Waals surface area contributed by atoms with E-state index >= 15 is 0 Å². The molecule has 1 N–H and O–H groups in total. The standard InChI is InChI=1S/C16H12N6O2/c1-10-20-12-4-3-11(7-14(12)24-10)16(23)21-13-8-17-9-18-15(13)22-6-2-5-19-22/h2-9H,1H3,(H,21,23). The first kappa shape index (κ1) is 14.1. The Bertz CT molecular complexity index is 1020. The van der Waals surface area contributed by atoms with Crippen LogP contribution < -0.4 is 5.32 Å². The molecule has 24 heavy (non-hydrogen) atoms. The first-order valence-corrected chi connectivity index (χ1v) is 7.19. The fourth-order valence-corrected chi connectivity index (χ4v) is 2.36. The first-order valence-electron chi connectivity index (χ1n) is 7.19. The van der Waals surface area contributed by atoms with Crippen molar-refractivity contribution in [2.45, 2.75) is 6.92 Å². The molecule has 0 saturated heterocycles. The van der Waals surface area contributed by atoms with Crippen LogP contribution in [0.4, 0.5) is 5.69 Å². The molecule has 0 saturated carbocycles. The summed E-state index contributed by atoms with van der Waals surface area (Å²) in [5.74, 6) is 0.745. The fraction of sp³-hybridized carbons (Fsp3) is 0.0625. The summed E-state index contributed by atoms with van der Waals surface area (Å²) in [6.07, 6.45) is 6.30. The molecule has 8 nitrogen and oxygen atoms in total. The van der Waals surface area contributed by atoms with Crippen LogP contribution in [0.5, 0.6) is 0 Å². The Labute approximate surface area is 136 Å². The van der Waals surface area contributed by atoms with Crippen LogP contribution in [0, 0.1) is 6.92 Å². The van der Waals surface area contributed by atoms with E-state index in [1.807, 2.05) is 0 Å². The van der Waals surface area contributed by atoms with Gasteiger partial charge in [0.25, 0.3) is 5.91 Å². The van der Waals surface area contributed by atoms with Gasteiger partial charge in [0.1, 0.15) is 17.5 Å². The molecule has 118 valence electrons. The number of rotatable bonds is 3. The lowest BCUT2D eigenvalue weighted by molar-refractivity contribution is 0.102. The number of amides is 1. The maximum atomic E-state index is 12.5. The van der Waals surface area contributed by atoms with Gasteiger partial charge in [-0.1, -0.05) is 0 Å². The summed E-state index contributed by atoms with van der Waals surface area (Å²) in [5, 5.41) is 6.92. The summed E-state index contributed by atoms with van der Waals surface area (Å²) in [4.78, 5) is 24.9. The number of aromatic nitrogens is 5. The highest BCUT2D eigenvalue weighted by Crippen LogP contribution is 2.19. The number of nitrogens with one attached hydrogen (secondary N) is 1. The van der Waals surface area contributed by atoms with E-state index in [2.05, 4.69) is 25.4 Å². The molecular weight excluding hydrogens is 308 g/mol. The summed E-state index contributed by atoms with van der Waals surface area (Å²) < 4.78 is 7.02. The average Bonchev–Trinajstić information content (AvgIpc) is 3.22. The summed E-state index contributed by atoms with van der Waals surface area (Å²) in [7, 11) is 0. The number of aryl methyl sites for hydroxylation is 1. The molecule has 0 bridgehead atoms. The number of hydrogen-bond acceptors (Lipinski definition) is 6. The average molecular weight is 320 g/mol. The number of anilines is 1. The van der Waals surface area contributed by atoms with Gasteiger partial charge in [-0.2, -0.15) is 5.10 Å². The highest BCUT2D eigenvalue weighted by molar-refractivity contribution is 6.06. The van der Waals surface area contributed by atoms with Crippen molar-refractivity contribution in [1.29, 1.82) is 0 Å². The molecule has 1 amide bonds. The van der Waals surface area contributed by atoms with Crippen molar-refractivity contribution in [2.75, 3.05) is 5.32 Å². The highest BCUT2D eigenvalue weighted by atomic mass is 16.3. The van der Waals surface area contributed by atoms with Gasteiger partial charge >= 0.3 is 0 Å². The monoisotopic (exact) mass is 320 g/mol. The predicted molar refractivity (Wildman–Crippen MR) is 85.9 cm³/mol. The molecule has 3 aromatic heterocycles. The van der Waals surface area contributed by atoms with Gasteiger partial charge in [-0.15, -0.1) is 0 Å². The van der Waals surface area contributed by atoms with Gasteiger partial charge in [-0.25, -0.2) is 19.6 Å². The fourth-order valence-electron chi connectivity index (χ4n) is 2.36. The molecule has 1 aromatic carbocycles. The Morgan fingerprint density at radius 2 is 2.25 bits per heavy atom. The van der Waals surface area contributed by atoms with Crippen molar-refractivity contribution < 1.29 is 9.21 Å². The van der Waals surface area contributed by atoms with E-state index in [9.17, 15) is 4.79 Å². The van der Waals surface area contributed by atoms with Crippen LogP contribution in [-0.2, 0) is 0 Å². The van der Waals surface area contributed by atoms with Crippen LogP contribution in [-0.4, -0.2) is 30.6 Å². The van der Waals surface area contributed by atoms with Gasteiger partial charge in [0, 0.05) is 24.9 Å². The minimum Gasteiger partial charge on any atom is -0.441 e. The lowest BCUT2D eigenvalue weighted by Crippen LogP contribution is -2.15. The van der Waals surface area contributed by atoms with Gasteiger partial charge in [-0.05, 0) is 24.3 Å². The Morgan fingerprint density at radius 3 is 3.08 bits per heavy atom. The Hall–Kier alpha value is -3.55. The zero-order valence-electron chi connectivity index (χ0n) is 12.7. The molecule has 8 heteroatoms. The Kier molecular flexibility index (Phi) is 3.27. The van der Waals surface area contributed by atoms with Gasteiger partial charge in [0.05, 0.1) is 6.20 Å². The highest BCUT2D eigenvalue weighted by Gasteiger charge is 2.13. The van der Waals surface area contributed by atoms with Crippen molar-refractivity contribution in [3.8, 4) is 5.82 Å². The van der Waals surface area contributed by atoms with E-state index in [0.29, 0.717) is 34.1 Å². The Balaban J connectivity index is 1.66. The number of carbonyl (C=O) groups is 1. The number of fused-ring (bicyclic) bond motifs is 1. The van der Waals surface area contributed by atoms with E-state index in [0.717, 1.165) is 0 Å². The third kappa shape index (κ3) is 2.50. The van der Waals surface area contributed by atoms with Crippen LogP contribution >= 0.6 is 0 Å². The van der Waals surface area contributed by atoms with E-state index < -0.39 is 0 Å². The number of benzene rings is 1. The van der Waals surface area contributed by atoms with Crippen molar-refractivity contribution in [2.24, 2.45) is 0 Å². The second-order valence-corrected chi connectivity index (χ2v) is 5.08. The van der Waals surface area contributed by atoms with E-state index in [-0.39, 0.29) is 5.91 Å². The zero-order chi connectivity index (χ0) is 16.5. The lowest BCUT2D eigenvalue weighted by atomic mass is 10.2. The molecule has 0 atom stereocenters. The SMILES string of the molecule is Cc1nc2ccc(C(=O)Nc3cncnc3-n3cccn3)cc2o1. The lowest BCUT2D eigenvalue weighted by Gasteiger charge is -2.09. The maximum absolute atomic E-state index is 12.5. The number of hydrogen-bond donors (Lipinski definition) is 1. The van der Waals surface area contributed by atoms with E-state index in [4.69, 9.17) is 4.42 Å². The van der Waals surface area contributed by atoms with Crippen LogP contribution in [0.1, 0.15) is 16.2 Å². The molecular formula is C16H12N6O2. The van der Waals surface area contributed by atoms with Gasteiger partial charge in [0.15, 0.2) is 17.3 Å². The number of nitrogens with zero attached hydrogens (tertiary/aromatic N) is 5. The van der Waals surface area contributed by atoms with E-state index in [1.54, 1.807) is 48.3 Å². The Morgan fingerprint density at radius 1 is 1.33 bits per heavy atom. The molecule has 0 aliphatic heterocycles. The van der Waals surface area contributed by atoms with Crippen LogP contribution in [0.2, 0.25) is 0 Å². The quantitative estimate of drug-likeness (QED) is 0.622. The smallest absolute Gasteiger partial charge is 0.255 e. The van der Waals surface area contributed by atoms with Gasteiger partial charge in [0.2, 0.25) is 0 Å². The molecule has 0 radical (unpaired) electrons. The summed E-state index contributed by atoms with van der Waals surface area (Å²) in [5.41, 5.74) is 2.19. The van der Waals surface area contributed by atoms with Crippen LogP contribution in [0.25, 0.3) is 16.9 Å². The normalized spacial score (nSPS) is 10.9. The second-order valence-electron chi connectivity index (χ2n) is 5.08. The molecule has 3 heterocycles. The summed E-state index contributed by atoms with van der Waals surface area (Å²) in [6, 6.07) is 6.86. The van der Waals surface area contributed by atoms with Crippen LogP contribution in [0.3, 0.4) is 0 Å². The second kappa shape index (κ2) is 5.58. The predicted octanol–water partition coefficient (Wildman–Crippen LogP) is 2.36. The topological polar surface area (TPSA) is 98.7 Å². The maximum Gasteiger partial charge on any atom is 0.255 e. The molecule has 4 aromatic rings. The third-order valence-corrected chi connectivity index (χ3v) is 3.42. The minimum absolute atomic E-state index is 0.297. The molecule has 0 aliphatic carbocycles. The number of oxazole rings is 1. The van der Waals surface area contributed by atoms with Gasteiger partial charge in [-0.3, -0.25) is 4.79 Å². The molecule has 4 rings (SSSR count). The zero-order valence-corrected chi connectivity index (χ0v) is 12.7. The minimum atomic E-state index is -0.297. The molecule has 0 aliphatic rings. The summed E-state index contributed by atoms with van der Waals surface area (Å²) in [6.45, 7) is 1.76. The van der Waals surface area contributed by atoms with Crippen molar-refractivity contribution in [1.82, 2.24) is 24.7 Å². The summed E-state index contributed by atoms with van der Waals surface area (Å²) >= 11 is 0. The van der Waals surface area contributed by atoms with Crippen molar-refractivity contribution >= 4 is 22.7 Å². The molecule has 0 fully saturated rings. The van der Waals surface area contributed by atoms with Crippen molar-refractivity contribution in [3.63, 3.8) is 0 Å². The van der Waals surface area contributed by atoms with Crippen LogP contribution in [0.15, 0.2) is 53.6 Å². The van der Waals surface area contributed by atoms with Crippen molar-refractivity contribution in [3.05, 3.63) is 60.6 Å². The first-order chi connectivity index (χ1) is 11.7. The molecule has 0 unspecified atom stereocenters. The van der Waals surface area contributed by atoms with E-state index in [1.165, 1.54) is 12.5 Å². The van der Waals surface area contributed by atoms with Gasteiger partial charge < -0.3 is 9.73 Å². The largest absolute Gasteiger partial charge is 0.441 e.